The zero-order valence-electron chi connectivity index (χ0n) is 10.6. The Labute approximate surface area is 101 Å². The zero-order chi connectivity index (χ0) is 12.8. The van der Waals surface area contributed by atoms with Crippen molar-refractivity contribution >= 4 is 11.7 Å². The molecule has 1 unspecified atom stereocenters. The average molecular weight is 240 g/mol. The molecule has 0 aliphatic heterocycles. The van der Waals surface area contributed by atoms with Crippen molar-refractivity contribution in [1.29, 1.82) is 0 Å². The second-order valence-corrected chi connectivity index (χ2v) is 3.98. The number of nitrogens with zero attached hydrogens (tertiary/aromatic N) is 2. The molecule has 1 rings (SSSR count). The van der Waals surface area contributed by atoms with Crippen molar-refractivity contribution in [2.45, 2.75) is 25.8 Å². The molecular weight excluding hydrogens is 220 g/mol. The van der Waals surface area contributed by atoms with Crippen LogP contribution in [0.2, 0.25) is 0 Å². The van der Waals surface area contributed by atoms with Crippen LogP contribution in [0.1, 0.15) is 30.1 Å². The van der Waals surface area contributed by atoms with Crippen LogP contribution in [0.3, 0.4) is 0 Å². The molecule has 6 heteroatoms. The molecule has 1 aromatic heterocycles. The van der Waals surface area contributed by atoms with Crippen LogP contribution in [0.25, 0.3) is 0 Å². The first-order valence-electron chi connectivity index (χ1n) is 5.67. The van der Waals surface area contributed by atoms with Crippen LogP contribution >= 0.6 is 0 Å². The first-order chi connectivity index (χ1) is 8.10. The number of carbonyl (C=O) groups is 1. The molecule has 0 aliphatic carbocycles. The molecule has 1 aromatic rings. The maximum Gasteiger partial charge on any atom is 0.256 e. The minimum atomic E-state index is -0.203. The van der Waals surface area contributed by atoms with E-state index in [-0.39, 0.29) is 11.9 Å². The van der Waals surface area contributed by atoms with Gasteiger partial charge in [-0.3, -0.25) is 9.48 Å². The van der Waals surface area contributed by atoms with Gasteiger partial charge in [0.25, 0.3) is 5.91 Å². The van der Waals surface area contributed by atoms with Gasteiger partial charge in [-0.15, -0.1) is 0 Å². The van der Waals surface area contributed by atoms with Crippen LogP contribution in [-0.2, 0) is 11.8 Å². The summed E-state index contributed by atoms with van der Waals surface area (Å²) < 4.78 is 6.53. The molecular formula is C11H20N4O2. The number of nitrogen functional groups attached to an aromatic ring is 1. The van der Waals surface area contributed by atoms with E-state index in [1.165, 1.54) is 10.9 Å². The predicted octanol–water partition coefficient (Wildman–Crippen LogP) is 0.547. The molecule has 17 heavy (non-hydrogen) atoms. The highest BCUT2D eigenvalue weighted by atomic mass is 16.5. The molecule has 0 spiro atoms. The molecule has 0 saturated heterocycles. The quantitative estimate of drug-likeness (QED) is 0.760. The Kier molecular flexibility index (Phi) is 4.96. The summed E-state index contributed by atoms with van der Waals surface area (Å²) in [5.74, 6) is 0.168. The van der Waals surface area contributed by atoms with Gasteiger partial charge in [-0.25, -0.2) is 0 Å². The van der Waals surface area contributed by atoms with Crippen LogP contribution in [-0.4, -0.2) is 35.4 Å². The van der Waals surface area contributed by atoms with Crippen LogP contribution < -0.4 is 11.1 Å². The number of anilines is 1. The number of nitrogens with two attached hydrogens (primary N) is 1. The Balaban J connectivity index is 2.66. The molecule has 96 valence electrons. The fourth-order valence-corrected chi connectivity index (χ4v) is 1.63. The van der Waals surface area contributed by atoms with Crippen molar-refractivity contribution in [3.8, 4) is 0 Å². The van der Waals surface area contributed by atoms with E-state index in [0.29, 0.717) is 18.0 Å². The maximum atomic E-state index is 11.9. The van der Waals surface area contributed by atoms with Crippen LogP contribution in [0, 0.1) is 0 Å². The Hall–Kier alpha value is -1.56. The summed E-state index contributed by atoms with van der Waals surface area (Å²) in [5, 5.41) is 6.83. The normalized spacial score (nSPS) is 12.4. The summed E-state index contributed by atoms with van der Waals surface area (Å²) in [6, 6.07) is 0.0112. The highest BCUT2D eigenvalue weighted by Gasteiger charge is 2.17. The van der Waals surface area contributed by atoms with E-state index in [1.807, 2.05) is 0 Å². The van der Waals surface area contributed by atoms with Crippen molar-refractivity contribution in [2.24, 2.45) is 7.05 Å². The van der Waals surface area contributed by atoms with Gasteiger partial charge in [0.1, 0.15) is 11.4 Å². The van der Waals surface area contributed by atoms with E-state index >= 15 is 0 Å². The lowest BCUT2D eigenvalue weighted by Crippen LogP contribution is -2.38. The Morgan fingerprint density at radius 3 is 2.88 bits per heavy atom. The summed E-state index contributed by atoms with van der Waals surface area (Å²) >= 11 is 0. The van der Waals surface area contributed by atoms with Crippen molar-refractivity contribution in [2.75, 3.05) is 19.5 Å². The summed E-state index contributed by atoms with van der Waals surface area (Å²) in [4.78, 5) is 11.9. The zero-order valence-corrected chi connectivity index (χ0v) is 10.6. The van der Waals surface area contributed by atoms with Crippen molar-refractivity contribution in [3.63, 3.8) is 0 Å². The summed E-state index contributed by atoms with van der Waals surface area (Å²) in [6.07, 6.45) is 3.33. The van der Waals surface area contributed by atoms with Crippen LogP contribution in [0.15, 0.2) is 6.20 Å². The number of ether oxygens (including phenoxy) is 1. The standard InChI is InChI=1S/C11H20N4O2/c1-4-5-8(7-17-3)14-11(16)9-6-13-15(2)10(9)12/h6,8H,4-5,7,12H2,1-3H3,(H,14,16). The highest BCUT2D eigenvalue weighted by molar-refractivity contribution is 5.98. The lowest BCUT2D eigenvalue weighted by Gasteiger charge is -2.16. The van der Waals surface area contributed by atoms with Crippen LogP contribution in [0.5, 0.6) is 0 Å². The maximum absolute atomic E-state index is 11.9. The fraction of sp³-hybridized carbons (Fsp3) is 0.636. The molecule has 1 atom stereocenters. The molecule has 3 N–H and O–H groups in total. The molecule has 0 radical (unpaired) electrons. The fourth-order valence-electron chi connectivity index (χ4n) is 1.63. The molecule has 0 aromatic carbocycles. The van der Waals surface area contributed by atoms with E-state index in [9.17, 15) is 4.79 Å². The first kappa shape index (κ1) is 13.5. The number of aromatic nitrogens is 2. The highest BCUT2D eigenvalue weighted by Crippen LogP contribution is 2.09. The Morgan fingerprint density at radius 2 is 2.41 bits per heavy atom. The van der Waals surface area contributed by atoms with E-state index in [0.717, 1.165) is 12.8 Å². The van der Waals surface area contributed by atoms with E-state index in [4.69, 9.17) is 10.5 Å². The van der Waals surface area contributed by atoms with Gasteiger partial charge in [0.2, 0.25) is 0 Å². The van der Waals surface area contributed by atoms with Gasteiger partial charge >= 0.3 is 0 Å². The van der Waals surface area contributed by atoms with Gasteiger partial charge in [0.05, 0.1) is 18.8 Å². The van der Waals surface area contributed by atoms with Gasteiger partial charge in [-0.2, -0.15) is 5.10 Å². The van der Waals surface area contributed by atoms with Gasteiger partial charge in [-0.05, 0) is 6.42 Å². The third-order valence-electron chi connectivity index (χ3n) is 2.57. The van der Waals surface area contributed by atoms with Crippen molar-refractivity contribution < 1.29 is 9.53 Å². The number of hydrogen-bond donors (Lipinski definition) is 2. The topological polar surface area (TPSA) is 82.2 Å². The van der Waals surface area contributed by atoms with Gasteiger partial charge in [0.15, 0.2) is 0 Å². The number of methoxy groups -OCH3 is 1. The van der Waals surface area contributed by atoms with Gasteiger partial charge in [0, 0.05) is 14.2 Å². The number of rotatable bonds is 6. The first-order valence-corrected chi connectivity index (χ1v) is 5.67. The second kappa shape index (κ2) is 6.24. The molecule has 0 saturated carbocycles. The van der Waals surface area contributed by atoms with E-state index in [1.54, 1.807) is 14.2 Å². The largest absolute Gasteiger partial charge is 0.383 e. The molecule has 0 fully saturated rings. The average Bonchev–Trinajstić information content (AvgIpc) is 2.60. The van der Waals surface area contributed by atoms with E-state index < -0.39 is 0 Å². The van der Waals surface area contributed by atoms with Gasteiger partial charge < -0.3 is 15.8 Å². The number of amides is 1. The Bertz CT molecular complexity index is 370. The van der Waals surface area contributed by atoms with E-state index in [2.05, 4.69) is 17.3 Å². The number of nitrogens with one attached hydrogen (secondary N) is 1. The number of carbonyl (C=O) groups excluding carboxylic acids is 1. The SMILES string of the molecule is CCCC(COC)NC(=O)c1cnn(C)c1N. The summed E-state index contributed by atoms with van der Waals surface area (Å²) in [6.45, 7) is 2.56. The second-order valence-electron chi connectivity index (χ2n) is 3.98. The Morgan fingerprint density at radius 1 is 1.71 bits per heavy atom. The lowest BCUT2D eigenvalue weighted by molar-refractivity contribution is 0.0892. The molecule has 0 aliphatic rings. The monoisotopic (exact) mass is 240 g/mol. The predicted molar refractivity (Wildman–Crippen MR) is 65.7 cm³/mol. The van der Waals surface area contributed by atoms with Gasteiger partial charge in [-0.1, -0.05) is 13.3 Å². The molecule has 1 amide bonds. The summed E-state index contributed by atoms with van der Waals surface area (Å²) in [5.41, 5.74) is 6.14. The third-order valence-corrected chi connectivity index (χ3v) is 2.57. The van der Waals surface area contributed by atoms with Crippen molar-refractivity contribution in [3.05, 3.63) is 11.8 Å². The number of aryl methyl sites for hydroxylation is 1. The number of hydrogen-bond acceptors (Lipinski definition) is 4. The lowest BCUT2D eigenvalue weighted by atomic mass is 10.1. The smallest absolute Gasteiger partial charge is 0.256 e. The molecule has 6 nitrogen and oxygen atoms in total. The molecule has 0 bridgehead atoms. The molecule has 1 heterocycles. The minimum absolute atomic E-state index is 0.0112. The summed E-state index contributed by atoms with van der Waals surface area (Å²) in [7, 11) is 3.32. The minimum Gasteiger partial charge on any atom is -0.383 e. The van der Waals surface area contributed by atoms with Crippen molar-refractivity contribution in [1.82, 2.24) is 15.1 Å². The van der Waals surface area contributed by atoms with Crippen LogP contribution in [0.4, 0.5) is 5.82 Å². The third kappa shape index (κ3) is 3.45.